The Bertz CT molecular complexity index is 828. The molecular formula is C21H25ClN2O5. The van der Waals surface area contributed by atoms with Gasteiger partial charge in [0.1, 0.15) is 12.4 Å². The summed E-state index contributed by atoms with van der Waals surface area (Å²) in [4.78, 5) is 24.8. The molecule has 29 heavy (non-hydrogen) atoms. The van der Waals surface area contributed by atoms with Gasteiger partial charge in [0.05, 0.1) is 29.4 Å². The van der Waals surface area contributed by atoms with E-state index in [-0.39, 0.29) is 16.8 Å². The molecular weight excluding hydrogens is 396 g/mol. The van der Waals surface area contributed by atoms with Crippen LogP contribution in [0, 0.1) is 0 Å². The smallest absolute Gasteiger partial charge is 0.259 e. The minimum absolute atomic E-state index is 0.235. The van der Waals surface area contributed by atoms with Crippen molar-refractivity contribution >= 4 is 29.1 Å². The van der Waals surface area contributed by atoms with E-state index in [4.69, 9.17) is 25.8 Å². The Morgan fingerprint density at radius 3 is 2.52 bits per heavy atom. The number of methoxy groups -OCH3 is 1. The Labute approximate surface area is 175 Å². The molecule has 7 nitrogen and oxygen atoms in total. The van der Waals surface area contributed by atoms with Gasteiger partial charge < -0.3 is 24.8 Å². The van der Waals surface area contributed by atoms with Crippen molar-refractivity contribution < 1.29 is 23.8 Å². The summed E-state index contributed by atoms with van der Waals surface area (Å²) in [7, 11) is 1.55. The fourth-order valence-corrected chi connectivity index (χ4v) is 2.74. The molecule has 156 valence electrons. The van der Waals surface area contributed by atoms with Gasteiger partial charge >= 0.3 is 0 Å². The molecule has 0 spiro atoms. The Morgan fingerprint density at radius 2 is 1.79 bits per heavy atom. The molecule has 0 fully saturated rings. The second-order valence-corrected chi connectivity index (χ2v) is 6.35. The van der Waals surface area contributed by atoms with Crippen LogP contribution in [0.15, 0.2) is 42.5 Å². The van der Waals surface area contributed by atoms with Gasteiger partial charge in [0, 0.05) is 25.9 Å². The van der Waals surface area contributed by atoms with E-state index in [1.54, 1.807) is 43.5 Å². The lowest BCUT2D eigenvalue weighted by atomic mass is 10.1. The molecule has 2 aromatic rings. The van der Waals surface area contributed by atoms with Gasteiger partial charge in [-0.3, -0.25) is 9.59 Å². The van der Waals surface area contributed by atoms with E-state index in [1.807, 2.05) is 6.92 Å². The van der Waals surface area contributed by atoms with Gasteiger partial charge in [0.15, 0.2) is 0 Å². The molecule has 0 radical (unpaired) electrons. The summed E-state index contributed by atoms with van der Waals surface area (Å²) < 4.78 is 15.8. The molecule has 0 aliphatic rings. The van der Waals surface area contributed by atoms with Crippen LogP contribution >= 0.6 is 11.6 Å². The highest BCUT2D eigenvalue weighted by Crippen LogP contribution is 2.23. The largest absolute Gasteiger partial charge is 0.490 e. The van der Waals surface area contributed by atoms with Crippen LogP contribution in [0.2, 0.25) is 5.02 Å². The number of benzene rings is 2. The van der Waals surface area contributed by atoms with Crippen LogP contribution in [0.1, 0.15) is 27.6 Å². The predicted molar refractivity (Wildman–Crippen MR) is 112 cm³/mol. The highest BCUT2D eigenvalue weighted by Gasteiger charge is 2.15. The Balaban J connectivity index is 2.04. The third-order valence-corrected chi connectivity index (χ3v) is 4.20. The van der Waals surface area contributed by atoms with E-state index in [0.29, 0.717) is 55.5 Å². The third kappa shape index (κ3) is 7.05. The van der Waals surface area contributed by atoms with Crippen molar-refractivity contribution in [2.75, 3.05) is 45.4 Å². The van der Waals surface area contributed by atoms with E-state index in [2.05, 4.69) is 10.6 Å². The fraction of sp³-hybridized carbons (Fsp3) is 0.333. The maximum absolute atomic E-state index is 12.7. The molecule has 2 rings (SSSR count). The van der Waals surface area contributed by atoms with Gasteiger partial charge in [-0.25, -0.2) is 0 Å². The van der Waals surface area contributed by atoms with Crippen LogP contribution in [-0.4, -0.2) is 51.9 Å². The number of carbonyl (C=O) groups excluding carboxylic acids is 2. The van der Waals surface area contributed by atoms with Gasteiger partial charge in [-0.15, -0.1) is 0 Å². The van der Waals surface area contributed by atoms with Crippen molar-refractivity contribution in [2.45, 2.75) is 6.92 Å². The third-order valence-electron chi connectivity index (χ3n) is 3.88. The topological polar surface area (TPSA) is 85.9 Å². The minimum Gasteiger partial charge on any atom is -0.490 e. The van der Waals surface area contributed by atoms with E-state index in [0.717, 1.165) is 0 Å². The van der Waals surface area contributed by atoms with Gasteiger partial charge in [-0.05, 0) is 37.3 Å². The molecule has 0 saturated carbocycles. The second-order valence-electron chi connectivity index (χ2n) is 5.94. The van der Waals surface area contributed by atoms with Crippen LogP contribution in [0.5, 0.6) is 5.75 Å². The zero-order valence-corrected chi connectivity index (χ0v) is 17.3. The first-order valence-corrected chi connectivity index (χ1v) is 9.62. The van der Waals surface area contributed by atoms with Gasteiger partial charge in [0.25, 0.3) is 11.8 Å². The van der Waals surface area contributed by atoms with E-state index >= 15 is 0 Å². The molecule has 2 N–H and O–H groups in total. The van der Waals surface area contributed by atoms with Gasteiger partial charge in [-0.1, -0.05) is 23.7 Å². The number of rotatable bonds is 11. The van der Waals surface area contributed by atoms with Crippen LogP contribution in [0.4, 0.5) is 5.69 Å². The summed E-state index contributed by atoms with van der Waals surface area (Å²) in [6.45, 7) is 4.08. The SMILES string of the molecule is CCOCCOc1ccccc1C(=O)Nc1ccc(C(=O)NCCOC)c(Cl)c1. The molecule has 0 aliphatic heterocycles. The van der Waals surface area contributed by atoms with Crippen molar-refractivity contribution in [3.8, 4) is 5.75 Å². The average Bonchev–Trinajstić information content (AvgIpc) is 2.71. The molecule has 0 unspecified atom stereocenters. The first-order chi connectivity index (χ1) is 14.1. The average molecular weight is 421 g/mol. The lowest BCUT2D eigenvalue weighted by Gasteiger charge is -2.12. The van der Waals surface area contributed by atoms with Crippen molar-refractivity contribution in [1.29, 1.82) is 0 Å². The maximum Gasteiger partial charge on any atom is 0.259 e. The molecule has 0 heterocycles. The summed E-state index contributed by atoms with van der Waals surface area (Å²) in [5, 5.41) is 5.71. The predicted octanol–water partition coefficient (Wildman–Crippen LogP) is 3.38. The lowest BCUT2D eigenvalue weighted by Crippen LogP contribution is -2.27. The summed E-state index contributed by atoms with van der Waals surface area (Å²) in [5.41, 5.74) is 1.18. The van der Waals surface area contributed by atoms with E-state index in [9.17, 15) is 9.59 Å². The molecule has 0 aliphatic carbocycles. The number of ether oxygens (including phenoxy) is 3. The monoisotopic (exact) mass is 420 g/mol. The Morgan fingerprint density at radius 1 is 1.00 bits per heavy atom. The van der Waals surface area contributed by atoms with Gasteiger partial charge in [-0.2, -0.15) is 0 Å². The maximum atomic E-state index is 12.7. The second kappa shape index (κ2) is 12.1. The van der Waals surface area contributed by atoms with Crippen LogP contribution in [0.3, 0.4) is 0 Å². The zero-order chi connectivity index (χ0) is 21.1. The van der Waals surface area contributed by atoms with E-state index in [1.165, 1.54) is 6.07 Å². The molecule has 0 aromatic heterocycles. The summed E-state index contributed by atoms with van der Waals surface area (Å²) >= 11 is 6.21. The lowest BCUT2D eigenvalue weighted by molar-refractivity contribution is 0.0936. The number of nitrogens with one attached hydrogen (secondary N) is 2. The minimum atomic E-state index is -0.342. The summed E-state index contributed by atoms with van der Waals surface area (Å²) in [6, 6.07) is 11.7. The highest BCUT2D eigenvalue weighted by molar-refractivity contribution is 6.34. The number of carbonyl (C=O) groups is 2. The molecule has 2 aromatic carbocycles. The van der Waals surface area contributed by atoms with Crippen LogP contribution < -0.4 is 15.4 Å². The number of para-hydroxylation sites is 1. The fourth-order valence-electron chi connectivity index (χ4n) is 2.47. The summed E-state index contributed by atoms with van der Waals surface area (Å²) in [5.74, 6) is -0.187. The number of hydrogen-bond acceptors (Lipinski definition) is 5. The van der Waals surface area contributed by atoms with E-state index < -0.39 is 0 Å². The van der Waals surface area contributed by atoms with Crippen molar-refractivity contribution in [3.05, 3.63) is 58.6 Å². The summed E-state index contributed by atoms with van der Waals surface area (Å²) in [6.07, 6.45) is 0. The number of anilines is 1. The number of hydrogen-bond donors (Lipinski definition) is 2. The standard InChI is InChI=1S/C21H25ClN2O5/c1-3-28-12-13-29-19-7-5-4-6-17(19)21(26)24-15-8-9-16(18(22)14-15)20(25)23-10-11-27-2/h4-9,14H,3,10-13H2,1-2H3,(H,23,25)(H,24,26). The number of amides is 2. The van der Waals surface area contributed by atoms with Crippen LogP contribution in [0.25, 0.3) is 0 Å². The molecule has 0 saturated heterocycles. The highest BCUT2D eigenvalue weighted by atomic mass is 35.5. The quantitative estimate of drug-likeness (QED) is 0.544. The Hall–Kier alpha value is -2.61. The first-order valence-electron chi connectivity index (χ1n) is 9.24. The van der Waals surface area contributed by atoms with Gasteiger partial charge in [0.2, 0.25) is 0 Å². The molecule has 2 amide bonds. The normalized spacial score (nSPS) is 10.4. The zero-order valence-electron chi connectivity index (χ0n) is 16.5. The molecule has 8 heteroatoms. The van der Waals surface area contributed by atoms with Crippen molar-refractivity contribution in [3.63, 3.8) is 0 Å². The van der Waals surface area contributed by atoms with Crippen LogP contribution in [-0.2, 0) is 9.47 Å². The molecule has 0 atom stereocenters. The Kier molecular flexibility index (Phi) is 9.43. The van der Waals surface area contributed by atoms with Crippen molar-refractivity contribution in [1.82, 2.24) is 5.32 Å². The molecule has 0 bridgehead atoms. The van der Waals surface area contributed by atoms with Crippen molar-refractivity contribution in [2.24, 2.45) is 0 Å². The first kappa shape index (κ1) is 22.7. The number of halogens is 1.